The first-order chi connectivity index (χ1) is 11.4. The second kappa shape index (κ2) is 6.06. The van der Waals surface area contributed by atoms with Crippen LogP contribution in [-0.4, -0.2) is 19.2 Å². The highest BCUT2D eigenvalue weighted by Gasteiger charge is 2.35. The quantitative estimate of drug-likeness (QED) is 0.884. The van der Waals surface area contributed by atoms with Crippen molar-refractivity contribution in [2.45, 2.75) is 12.3 Å². The van der Waals surface area contributed by atoms with Crippen LogP contribution in [0.25, 0.3) is 11.1 Å². The van der Waals surface area contributed by atoms with Crippen LogP contribution < -0.4 is 15.8 Å². The number of nitrogens with one attached hydrogen (secondary N) is 1. The molecule has 3 N–H and O–H groups in total. The lowest BCUT2D eigenvalue weighted by molar-refractivity contribution is -0.137. The molecule has 24 heavy (non-hydrogen) atoms. The number of alkyl halides is 3. The molecule has 1 aliphatic rings. The largest absolute Gasteiger partial charge is 0.484 e. The number of nitriles is 1. The maximum absolute atomic E-state index is 13.4. The molecule has 0 bridgehead atoms. The van der Waals surface area contributed by atoms with Crippen molar-refractivity contribution in [1.29, 1.82) is 5.26 Å². The summed E-state index contributed by atoms with van der Waals surface area (Å²) in [6.45, 7) is 0.725. The van der Waals surface area contributed by atoms with Crippen LogP contribution in [0.15, 0.2) is 36.4 Å². The Morgan fingerprint density at radius 2 is 2.04 bits per heavy atom. The van der Waals surface area contributed by atoms with Gasteiger partial charge in [-0.05, 0) is 29.8 Å². The fraction of sp³-hybridized carbons (Fsp3) is 0.235. The summed E-state index contributed by atoms with van der Waals surface area (Å²) in [7, 11) is 0. The Morgan fingerprint density at radius 1 is 1.25 bits per heavy atom. The number of para-hydroxylation sites is 1. The molecular formula is C17H14F3N3O. The Kier molecular flexibility index (Phi) is 4.08. The molecule has 1 aliphatic heterocycles. The molecule has 7 heteroatoms. The maximum Gasteiger partial charge on any atom is 0.417 e. The molecule has 2 aromatic rings. The first kappa shape index (κ1) is 16.1. The van der Waals surface area contributed by atoms with Crippen LogP contribution in [0, 0.1) is 11.3 Å². The second-order valence-electron chi connectivity index (χ2n) is 5.41. The molecule has 1 atom stereocenters. The van der Waals surface area contributed by atoms with Crippen molar-refractivity contribution in [2.75, 3.05) is 18.4 Å². The molecule has 0 spiro atoms. The molecule has 0 aliphatic carbocycles. The van der Waals surface area contributed by atoms with E-state index < -0.39 is 11.7 Å². The third-order valence-corrected chi connectivity index (χ3v) is 3.83. The van der Waals surface area contributed by atoms with Gasteiger partial charge in [0.1, 0.15) is 6.10 Å². The highest BCUT2D eigenvalue weighted by Crippen LogP contribution is 2.44. The van der Waals surface area contributed by atoms with Gasteiger partial charge in [-0.25, -0.2) is 0 Å². The van der Waals surface area contributed by atoms with E-state index in [1.165, 1.54) is 6.07 Å². The van der Waals surface area contributed by atoms with Gasteiger partial charge in [0.2, 0.25) is 0 Å². The number of anilines is 1. The highest BCUT2D eigenvalue weighted by atomic mass is 19.4. The summed E-state index contributed by atoms with van der Waals surface area (Å²) in [5.74, 6) is 0.319. The summed E-state index contributed by atoms with van der Waals surface area (Å²) in [5.41, 5.74) is 5.74. The van der Waals surface area contributed by atoms with Crippen molar-refractivity contribution in [3.8, 4) is 22.9 Å². The predicted octanol–water partition coefficient (Wildman–Crippen LogP) is 3.38. The van der Waals surface area contributed by atoms with Gasteiger partial charge in [0.05, 0.1) is 29.4 Å². The van der Waals surface area contributed by atoms with E-state index in [-0.39, 0.29) is 29.3 Å². The molecular weight excluding hydrogens is 319 g/mol. The molecule has 124 valence electrons. The fourth-order valence-electron chi connectivity index (χ4n) is 2.66. The minimum Gasteiger partial charge on any atom is -0.484 e. The molecule has 0 fully saturated rings. The zero-order valence-corrected chi connectivity index (χ0v) is 12.5. The summed E-state index contributed by atoms with van der Waals surface area (Å²) < 4.78 is 45.9. The number of ether oxygens (including phenoxy) is 1. The first-order valence-electron chi connectivity index (χ1n) is 7.29. The number of halogens is 3. The Balaban J connectivity index is 2.22. The van der Waals surface area contributed by atoms with Gasteiger partial charge in [0.15, 0.2) is 5.75 Å². The summed E-state index contributed by atoms with van der Waals surface area (Å²) in [4.78, 5) is 0. The minimum atomic E-state index is -4.54. The van der Waals surface area contributed by atoms with E-state index in [0.29, 0.717) is 18.0 Å². The van der Waals surface area contributed by atoms with Crippen LogP contribution in [0.3, 0.4) is 0 Å². The number of hydrogen-bond donors (Lipinski definition) is 2. The van der Waals surface area contributed by atoms with E-state index >= 15 is 0 Å². The molecule has 0 saturated carbocycles. The Labute approximate surface area is 136 Å². The zero-order valence-electron chi connectivity index (χ0n) is 12.5. The molecule has 0 aromatic heterocycles. The summed E-state index contributed by atoms with van der Waals surface area (Å²) >= 11 is 0. The number of benzene rings is 2. The van der Waals surface area contributed by atoms with Crippen molar-refractivity contribution >= 4 is 5.69 Å². The first-order valence-corrected chi connectivity index (χ1v) is 7.29. The van der Waals surface area contributed by atoms with Crippen LogP contribution in [0.5, 0.6) is 5.75 Å². The number of rotatable bonds is 2. The standard InChI is InChI=1S/C17H14F3N3O/c18-17(19,20)14-5-4-10(7-21)6-13(14)12-2-1-3-15-16(12)24-11(8-22)9-23-15/h1-6,11,23H,8-9,22H2/t11-/m0/s1. The van der Waals surface area contributed by atoms with Crippen LogP contribution in [-0.2, 0) is 6.18 Å². The smallest absolute Gasteiger partial charge is 0.417 e. The lowest BCUT2D eigenvalue weighted by atomic mass is 9.95. The van der Waals surface area contributed by atoms with E-state index in [1.54, 1.807) is 18.2 Å². The molecule has 0 unspecified atom stereocenters. The van der Waals surface area contributed by atoms with Crippen molar-refractivity contribution in [1.82, 2.24) is 0 Å². The molecule has 1 heterocycles. The highest BCUT2D eigenvalue weighted by molar-refractivity contribution is 5.81. The van der Waals surface area contributed by atoms with Gasteiger partial charge in [0.25, 0.3) is 0 Å². The lowest BCUT2D eigenvalue weighted by Crippen LogP contribution is -2.37. The normalized spacial score (nSPS) is 16.5. The van der Waals surface area contributed by atoms with Crippen LogP contribution >= 0.6 is 0 Å². The predicted molar refractivity (Wildman–Crippen MR) is 83.6 cm³/mol. The lowest BCUT2D eigenvalue weighted by Gasteiger charge is -2.29. The summed E-state index contributed by atoms with van der Waals surface area (Å²) in [6.07, 6.45) is -4.87. The summed E-state index contributed by atoms with van der Waals surface area (Å²) in [6, 6.07) is 10.1. The molecule has 2 aromatic carbocycles. The van der Waals surface area contributed by atoms with Crippen LogP contribution in [0.2, 0.25) is 0 Å². The SMILES string of the molecule is N#Cc1ccc(C(F)(F)F)c(-c2cccc3c2O[C@@H](CN)CN3)c1. The molecule has 0 radical (unpaired) electrons. The van der Waals surface area contributed by atoms with Crippen molar-refractivity contribution in [2.24, 2.45) is 5.73 Å². The van der Waals surface area contributed by atoms with Gasteiger partial charge < -0.3 is 15.8 Å². The molecule has 0 saturated heterocycles. The van der Waals surface area contributed by atoms with Gasteiger partial charge in [0, 0.05) is 12.1 Å². The topological polar surface area (TPSA) is 71.1 Å². The van der Waals surface area contributed by atoms with Gasteiger partial charge in [-0.3, -0.25) is 0 Å². The van der Waals surface area contributed by atoms with Gasteiger partial charge >= 0.3 is 6.18 Å². The molecule has 0 amide bonds. The third kappa shape index (κ3) is 2.88. The minimum absolute atomic E-state index is 0.0853. The van der Waals surface area contributed by atoms with Crippen molar-refractivity contribution in [3.63, 3.8) is 0 Å². The monoisotopic (exact) mass is 333 g/mol. The number of nitrogens with two attached hydrogens (primary N) is 1. The summed E-state index contributed by atoms with van der Waals surface area (Å²) in [5, 5.41) is 12.1. The number of hydrogen-bond acceptors (Lipinski definition) is 4. The average molecular weight is 333 g/mol. The van der Waals surface area contributed by atoms with Crippen LogP contribution in [0.4, 0.5) is 18.9 Å². The van der Waals surface area contributed by atoms with Gasteiger partial charge in [-0.1, -0.05) is 12.1 Å². The van der Waals surface area contributed by atoms with Crippen LogP contribution in [0.1, 0.15) is 11.1 Å². The van der Waals surface area contributed by atoms with Crippen molar-refractivity contribution in [3.05, 3.63) is 47.5 Å². The second-order valence-corrected chi connectivity index (χ2v) is 5.41. The number of fused-ring (bicyclic) bond motifs is 1. The fourth-order valence-corrected chi connectivity index (χ4v) is 2.66. The Morgan fingerprint density at radius 3 is 2.71 bits per heavy atom. The maximum atomic E-state index is 13.4. The zero-order chi connectivity index (χ0) is 17.3. The third-order valence-electron chi connectivity index (χ3n) is 3.83. The number of nitrogens with zero attached hydrogens (tertiary/aromatic N) is 1. The van der Waals surface area contributed by atoms with E-state index in [9.17, 15) is 13.2 Å². The van der Waals surface area contributed by atoms with Crippen molar-refractivity contribution < 1.29 is 17.9 Å². The molecule has 4 nitrogen and oxygen atoms in total. The van der Waals surface area contributed by atoms with Gasteiger partial charge in [-0.2, -0.15) is 18.4 Å². The molecule has 3 rings (SSSR count). The average Bonchev–Trinajstić information content (AvgIpc) is 2.59. The van der Waals surface area contributed by atoms with E-state index in [0.717, 1.165) is 12.1 Å². The van der Waals surface area contributed by atoms with E-state index in [1.807, 2.05) is 6.07 Å². The van der Waals surface area contributed by atoms with E-state index in [2.05, 4.69) is 5.32 Å². The Bertz CT molecular complexity index is 812. The van der Waals surface area contributed by atoms with Gasteiger partial charge in [-0.15, -0.1) is 0 Å². The van der Waals surface area contributed by atoms with E-state index in [4.69, 9.17) is 15.7 Å². The Hall–Kier alpha value is -2.72.